The van der Waals surface area contributed by atoms with Crippen LogP contribution < -0.4 is 5.32 Å². The molecule has 0 bridgehead atoms. The Morgan fingerprint density at radius 3 is 2.48 bits per heavy atom. The molecule has 6 heteroatoms. The van der Waals surface area contributed by atoms with E-state index in [1.807, 2.05) is 0 Å². The minimum atomic E-state index is -3.47. The highest BCUT2D eigenvalue weighted by Gasteiger charge is 2.28. The highest BCUT2D eigenvalue weighted by molar-refractivity contribution is 7.89. The molecule has 1 aromatic rings. The van der Waals surface area contributed by atoms with Gasteiger partial charge in [0.25, 0.3) is 10.0 Å². The maximum absolute atomic E-state index is 12.5. The highest BCUT2D eigenvalue weighted by Crippen LogP contribution is 2.22. The quantitative estimate of drug-likeness (QED) is 0.876. The Balaban J connectivity index is 2.01. The van der Waals surface area contributed by atoms with Crippen molar-refractivity contribution in [2.75, 3.05) is 19.6 Å². The molecule has 0 saturated carbocycles. The Hall–Kier alpha value is -0.850. The van der Waals surface area contributed by atoms with Crippen molar-refractivity contribution in [3.05, 3.63) is 17.9 Å². The van der Waals surface area contributed by atoms with E-state index in [1.165, 1.54) is 0 Å². The van der Waals surface area contributed by atoms with Gasteiger partial charge in [0.15, 0.2) is 0 Å². The molecule has 0 spiro atoms. The van der Waals surface area contributed by atoms with Gasteiger partial charge in [-0.05, 0) is 37.4 Å². The lowest BCUT2D eigenvalue weighted by atomic mass is 10.2. The zero-order chi connectivity index (χ0) is 15.3. The van der Waals surface area contributed by atoms with Crippen molar-refractivity contribution in [2.24, 2.45) is 5.92 Å². The van der Waals surface area contributed by atoms with E-state index in [0.29, 0.717) is 31.3 Å². The van der Waals surface area contributed by atoms with Gasteiger partial charge in [-0.15, -0.1) is 0 Å². The summed E-state index contributed by atoms with van der Waals surface area (Å²) in [5, 5.41) is 3.33. The molecule has 0 unspecified atom stereocenters. The van der Waals surface area contributed by atoms with Crippen molar-refractivity contribution >= 4 is 10.0 Å². The number of hydrogen-bond acceptors (Lipinski definition) is 4. The summed E-state index contributed by atoms with van der Waals surface area (Å²) in [7, 11) is -3.47. The third-order valence-corrected chi connectivity index (χ3v) is 5.42. The lowest BCUT2D eigenvalue weighted by molar-refractivity contribution is 0.365. The third-order valence-electron chi connectivity index (χ3n) is 3.65. The standard InChI is InChI=1S/C15H26N2O3S/c1-13(2)11-16-12-14-7-8-15(20-14)21(18,19)17-9-5-3-4-6-10-17/h7-8,13,16H,3-6,9-12H2,1-2H3. The van der Waals surface area contributed by atoms with Crippen LogP contribution in [0.5, 0.6) is 0 Å². The van der Waals surface area contributed by atoms with Crippen LogP contribution in [0.4, 0.5) is 0 Å². The first-order chi connectivity index (χ1) is 10.00. The van der Waals surface area contributed by atoms with Crippen molar-refractivity contribution < 1.29 is 12.8 Å². The number of nitrogens with one attached hydrogen (secondary N) is 1. The molecule has 2 rings (SSSR count). The fourth-order valence-corrected chi connectivity index (χ4v) is 3.93. The van der Waals surface area contributed by atoms with Crippen molar-refractivity contribution in [2.45, 2.75) is 51.2 Å². The summed E-state index contributed by atoms with van der Waals surface area (Å²) in [6.07, 6.45) is 4.08. The van der Waals surface area contributed by atoms with Crippen molar-refractivity contribution in [1.29, 1.82) is 0 Å². The van der Waals surface area contributed by atoms with Crippen molar-refractivity contribution in [3.63, 3.8) is 0 Å². The topological polar surface area (TPSA) is 62.6 Å². The van der Waals surface area contributed by atoms with E-state index in [1.54, 1.807) is 16.4 Å². The lowest BCUT2D eigenvalue weighted by Gasteiger charge is -2.17. The average Bonchev–Trinajstić information content (AvgIpc) is 2.73. The minimum Gasteiger partial charge on any atom is -0.447 e. The van der Waals surface area contributed by atoms with Crippen LogP contribution in [-0.2, 0) is 16.6 Å². The number of nitrogens with zero attached hydrogens (tertiary/aromatic N) is 1. The molecule has 0 radical (unpaired) electrons. The van der Waals surface area contributed by atoms with Gasteiger partial charge >= 0.3 is 0 Å². The van der Waals surface area contributed by atoms with Crippen LogP contribution in [0, 0.1) is 5.92 Å². The molecule has 1 fully saturated rings. The van der Waals surface area contributed by atoms with Crippen LogP contribution in [0.2, 0.25) is 0 Å². The van der Waals surface area contributed by atoms with Gasteiger partial charge in [-0.25, -0.2) is 8.42 Å². The largest absolute Gasteiger partial charge is 0.447 e. The maximum atomic E-state index is 12.5. The summed E-state index contributed by atoms with van der Waals surface area (Å²) < 4.78 is 32.2. The predicted octanol–water partition coefficient (Wildman–Crippen LogP) is 2.59. The van der Waals surface area contributed by atoms with Gasteiger partial charge in [-0.2, -0.15) is 4.31 Å². The summed E-state index contributed by atoms with van der Waals surface area (Å²) >= 11 is 0. The van der Waals surface area contributed by atoms with Crippen LogP contribution in [0.3, 0.4) is 0 Å². The van der Waals surface area contributed by atoms with Gasteiger partial charge in [-0.1, -0.05) is 26.7 Å². The van der Waals surface area contributed by atoms with Gasteiger partial charge in [0, 0.05) is 13.1 Å². The maximum Gasteiger partial charge on any atom is 0.276 e. The molecular weight excluding hydrogens is 288 g/mol. The highest BCUT2D eigenvalue weighted by atomic mass is 32.2. The molecule has 1 saturated heterocycles. The van der Waals surface area contributed by atoms with Gasteiger partial charge in [0.1, 0.15) is 5.76 Å². The van der Waals surface area contributed by atoms with Crippen LogP contribution in [0.25, 0.3) is 0 Å². The second kappa shape index (κ2) is 7.42. The number of sulfonamides is 1. The first-order valence-electron chi connectivity index (χ1n) is 7.80. The number of rotatable bonds is 6. The molecule has 1 N–H and O–H groups in total. The molecule has 0 atom stereocenters. The molecule has 0 amide bonds. The monoisotopic (exact) mass is 314 g/mol. The third kappa shape index (κ3) is 4.56. The molecule has 5 nitrogen and oxygen atoms in total. The summed E-state index contributed by atoms with van der Waals surface area (Å²) in [4.78, 5) is 0. The molecule has 2 heterocycles. The SMILES string of the molecule is CC(C)CNCc1ccc(S(=O)(=O)N2CCCCCC2)o1. The van der Waals surface area contributed by atoms with E-state index in [2.05, 4.69) is 19.2 Å². The second-order valence-corrected chi connectivity index (χ2v) is 7.93. The summed E-state index contributed by atoms with van der Waals surface area (Å²) in [6, 6.07) is 3.32. The molecule has 0 aliphatic carbocycles. The Kier molecular flexibility index (Phi) is 5.84. The number of furan rings is 1. The summed E-state index contributed by atoms with van der Waals surface area (Å²) in [6.45, 7) is 6.91. The molecule has 21 heavy (non-hydrogen) atoms. The van der Waals surface area contributed by atoms with Crippen LogP contribution >= 0.6 is 0 Å². The van der Waals surface area contributed by atoms with Gasteiger partial charge in [0.05, 0.1) is 6.54 Å². The van der Waals surface area contributed by atoms with E-state index in [9.17, 15) is 8.42 Å². The molecule has 1 aliphatic rings. The van der Waals surface area contributed by atoms with Crippen LogP contribution in [-0.4, -0.2) is 32.4 Å². The minimum absolute atomic E-state index is 0.0748. The Labute approximate surface area is 127 Å². The van der Waals surface area contributed by atoms with E-state index in [-0.39, 0.29) is 5.09 Å². The average molecular weight is 314 g/mol. The molecular formula is C15H26N2O3S. The zero-order valence-corrected chi connectivity index (χ0v) is 13.8. The predicted molar refractivity (Wildman–Crippen MR) is 82.5 cm³/mol. The van der Waals surface area contributed by atoms with E-state index in [4.69, 9.17) is 4.42 Å². The smallest absolute Gasteiger partial charge is 0.276 e. The normalized spacial score (nSPS) is 18.0. The Bertz CT molecular complexity index is 529. The molecule has 120 valence electrons. The fraction of sp³-hybridized carbons (Fsp3) is 0.733. The Morgan fingerprint density at radius 2 is 1.86 bits per heavy atom. The Morgan fingerprint density at radius 1 is 1.19 bits per heavy atom. The molecule has 1 aromatic heterocycles. The van der Waals surface area contributed by atoms with E-state index >= 15 is 0 Å². The first kappa shape index (κ1) is 16.5. The summed E-state index contributed by atoms with van der Waals surface area (Å²) in [5.74, 6) is 1.23. The summed E-state index contributed by atoms with van der Waals surface area (Å²) in [5.41, 5.74) is 0. The van der Waals surface area contributed by atoms with Crippen LogP contribution in [0.15, 0.2) is 21.6 Å². The van der Waals surface area contributed by atoms with E-state index < -0.39 is 10.0 Å². The second-order valence-electron chi connectivity index (χ2n) is 6.06. The zero-order valence-electron chi connectivity index (χ0n) is 13.0. The molecule has 0 aromatic carbocycles. The van der Waals surface area contributed by atoms with Crippen molar-refractivity contribution in [3.8, 4) is 0 Å². The van der Waals surface area contributed by atoms with Crippen LogP contribution in [0.1, 0.15) is 45.3 Å². The van der Waals surface area contributed by atoms with Gasteiger partial charge in [-0.3, -0.25) is 0 Å². The van der Waals surface area contributed by atoms with Gasteiger partial charge in [0.2, 0.25) is 5.09 Å². The van der Waals surface area contributed by atoms with Gasteiger partial charge < -0.3 is 9.73 Å². The van der Waals surface area contributed by atoms with E-state index in [0.717, 1.165) is 32.2 Å². The molecule has 1 aliphatic heterocycles. The first-order valence-corrected chi connectivity index (χ1v) is 9.24. The fourth-order valence-electron chi connectivity index (χ4n) is 2.49. The lowest BCUT2D eigenvalue weighted by Crippen LogP contribution is -2.31. The number of hydrogen-bond donors (Lipinski definition) is 1. The van der Waals surface area contributed by atoms with Crippen molar-refractivity contribution in [1.82, 2.24) is 9.62 Å².